The Kier molecular flexibility index (Phi) is 4.10. The van der Waals surface area contributed by atoms with Gasteiger partial charge in [-0.3, -0.25) is 0 Å². The molecule has 1 fully saturated rings. The Hall–Kier alpha value is -1.41. The molecule has 17 heavy (non-hydrogen) atoms. The first-order valence-electron chi connectivity index (χ1n) is 5.37. The van der Waals surface area contributed by atoms with E-state index in [1.54, 1.807) is 12.1 Å². The number of benzene rings is 1. The monoisotopic (exact) mass is 236 g/mol. The van der Waals surface area contributed by atoms with E-state index in [-0.39, 0.29) is 24.1 Å². The first kappa shape index (κ1) is 12.1. The summed E-state index contributed by atoms with van der Waals surface area (Å²) < 4.78 is 23.8. The lowest BCUT2D eigenvalue weighted by atomic mass is 10.1. The standard InChI is InChI=1S/C13H13FO3/c14-13-4-3-10(6-11(13)2-1-5-15)7-17-12-8-16-9-12/h3-4,6,12,15H,5,7-9H2. The van der Waals surface area contributed by atoms with E-state index >= 15 is 0 Å². The second-order valence-corrected chi connectivity index (χ2v) is 3.74. The van der Waals surface area contributed by atoms with Crippen molar-refractivity contribution in [3.8, 4) is 11.8 Å². The van der Waals surface area contributed by atoms with Crippen LogP contribution < -0.4 is 0 Å². The minimum Gasteiger partial charge on any atom is -0.384 e. The molecule has 1 saturated heterocycles. The van der Waals surface area contributed by atoms with Crippen molar-refractivity contribution in [1.82, 2.24) is 0 Å². The molecule has 1 aromatic rings. The number of aliphatic hydroxyl groups is 1. The van der Waals surface area contributed by atoms with Crippen LogP contribution in [0.1, 0.15) is 11.1 Å². The molecule has 0 atom stereocenters. The maximum atomic E-state index is 13.3. The third kappa shape index (κ3) is 3.27. The molecule has 0 unspecified atom stereocenters. The Morgan fingerprint density at radius 2 is 2.29 bits per heavy atom. The van der Waals surface area contributed by atoms with Gasteiger partial charge < -0.3 is 14.6 Å². The third-order valence-corrected chi connectivity index (χ3v) is 2.43. The van der Waals surface area contributed by atoms with Crippen molar-refractivity contribution in [2.75, 3.05) is 19.8 Å². The Balaban J connectivity index is 2.01. The van der Waals surface area contributed by atoms with E-state index < -0.39 is 0 Å². The van der Waals surface area contributed by atoms with Gasteiger partial charge in [0.2, 0.25) is 0 Å². The fourth-order valence-corrected chi connectivity index (χ4v) is 1.42. The Bertz CT molecular complexity index is 444. The van der Waals surface area contributed by atoms with E-state index in [2.05, 4.69) is 11.8 Å². The molecule has 0 radical (unpaired) electrons. The van der Waals surface area contributed by atoms with Crippen LogP contribution in [0, 0.1) is 17.7 Å². The molecule has 0 aromatic heterocycles. The Morgan fingerprint density at radius 1 is 1.47 bits per heavy atom. The SMILES string of the molecule is OCC#Cc1cc(COC2COC2)ccc1F. The predicted octanol–water partition coefficient (Wildman–Crippen LogP) is 1.08. The number of hydrogen-bond donors (Lipinski definition) is 1. The smallest absolute Gasteiger partial charge is 0.138 e. The van der Waals surface area contributed by atoms with Crippen LogP contribution in [0.2, 0.25) is 0 Å². The molecule has 1 aliphatic heterocycles. The lowest BCUT2D eigenvalue weighted by Crippen LogP contribution is -2.35. The van der Waals surface area contributed by atoms with E-state index in [0.29, 0.717) is 19.8 Å². The van der Waals surface area contributed by atoms with Crippen molar-refractivity contribution in [1.29, 1.82) is 0 Å². The number of aliphatic hydroxyl groups excluding tert-OH is 1. The zero-order valence-electron chi connectivity index (χ0n) is 9.28. The molecule has 0 spiro atoms. The lowest BCUT2D eigenvalue weighted by Gasteiger charge is -2.25. The van der Waals surface area contributed by atoms with E-state index in [4.69, 9.17) is 14.6 Å². The van der Waals surface area contributed by atoms with Gasteiger partial charge in [0.15, 0.2) is 0 Å². The van der Waals surface area contributed by atoms with Gasteiger partial charge in [-0.1, -0.05) is 17.9 Å². The lowest BCUT2D eigenvalue weighted by molar-refractivity contribution is -0.135. The Morgan fingerprint density at radius 3 is 2.94 bits per heavy atom. The second-order valence-electron chi connectivity index (χ2n) is 3.74. The van der Waals surface area contributed by atoms with Crippen molar-refractivity contribution in [2.24, 2.45) is 0 Å². The highest BCUT2D eigenvalue weighted by Gasteiger charge is 2.18. The van der Waals surface area contributed by atoms with Gasteiger partial charge >= 0.3 is 0 Å². The van der Waals surface area contributed by atoms with E-state index in [0.717, 1.165) is 5.56 Å². The molecule has 0 aliphatic carbocycles. The normalized spacial score (nSPS) is 14.9. The Labute approximate surface area is 99.2 Å². The third-order valence-electron chi connectivity index (χ3n) is 2.43. The van der Waals surface area contributed by atoms with Crippen molar-refractivity contribution in [3.63, 3.8) is 0 Å². The van der Waals surface area contributed by atoms with Crippen LogP contribution in [-0.4, -0.2) is 31.0 Å². The summed E-state index contributed by atoms with van der Waals surface area (Å²) >= 11 is 0. The molecule has 1 aromatic carbocycles. The maximum absolute atomic E-state index is 13.3. The summed E-state index contributed by atoms with van der Waals surface area (Å²) in [7, 11) is 0. The minimum absolute atomic E-state index is 0.145. The summed E-state index contributed by atoms with van der Waals surface area (Å²) in [5, 5.41) is 8.57. The van der Waals surface area contributed by atoms with Gasteiger partial charge in [0.25, 0.3) is 0 Å². The summed E-state index contributed by atoms with van der Waals surface area (Å²) in [6, 6.07) is 4.66. The highest BCUT2D eigenvalue weighted by atomic mass is 19.1. The molecule has 1 N–H and O–H groups in total. The quantitative estimate of drug-likeness (QED) is 0.798. The highest BCUT2D eigenvalue weighted by Crippen LogP contribution is 2.13. The van der Waals surface area contributed by atoms with Crippen LogP contribution in [0.15, 0.2) is 18.2 Å². The predicted molar refractivity (Wildman–Crippen MR) is 59.8 cm³/mol. The average molecular weight is 236 g/mol. The van der Waals surface area contributed by atoms with Crippen molar-refractivity contribution < 1.29 is 19.0 Å². The summed E-state index contributed by atoms with van der Waals surface area (Å²) in [6.07, 6.45) is 0.145. The van der Waals surface area contributed by atoms with Gasteiger partial charge in [0.1, 0.15) is 18.5 Å². The molecule has 0 bridgehead atoms. The molecule has 1 heterocycles. The zero-order valence-corrected chi connectivity index (χ0v) is 9.28. The topological polar surface area (TPSA) is 38.7 Å². The molecular weight excluding hydrogens is 223 g/mol. The molecule has 0 amide bonds. The van der Waals surface area contributed by atoms with Crippen LogP contribution >= 0.6 is 0 Å². The molecule has 2 rings (SSSR count). The van der Waals surface area contributed by atoms with Gasteiger partial charge in [-0.05, 0) is 17.7 Å². The van der Waals surface area contributed by atoms with E-state index in [1.807, 2.05) is 0 Å². The summed E-state index contributed by atoms with van der Waals surface area (Å²) in [5.41, 5.74) is 1.14. The zero-order chi connectivity index (χ0) is 12.1. The number of rotatable bonds is 3. The minimum atomic E-state index is -0.387. The van der Waals surface area contributed by atoms with Crippen LogP contribution in [0.25, 0.3) is 0 Å². The van der Waals surface area contributed by atoms with Crippen LogP contribution in [0.3, 0.4) is 0 Å². The van der Waals surface area contributed by atoms with E-state index in [9.17, 15) is 4.39 Å². The molecular formula is C13H13FO3. The molecule has 0 saturated carbocycles. The second kappa shape index (κ2) is 5.78. The van der Waals surface area contributed by atoms with Crippen molar-refractivity contribution in [2.45, 2.75) is 12.7 Å². The molecule has 1 aliphatic rings. The van der Waals surface area contributed by atoms with Gasteiger partial charge in [-0.2, -0.15) is 0 Å². The molecule has 90 valence electrons. The summed E-state index contributed by atoms with van der Waals surface area (Å²) in [5.74, 6) is 4.60. The first-order chi connectivity index (χ1) is 8.29. The average Bonchev–Trinajstić information content (AvgIpc) is 2.27. The number of hydrogen-bond acceptors (Lipinski definition) is 3. The van der Waals surface area contributed by atoms with Crippen LogP contribution in [-0.2, 0) is 16.1 Å². The van der Waals surface area contributed by atoms with E-state index in [1.165, 1.54) is 6.07 Å². The van der Waals surface area contributed by atoms with Gasteiger partial charge in [0.05, 0.1) is 25.4 Å². The van der Waals surface area contributed by atoms with Crippen molar-refractivity contribution >= 4 is 0 Å². The molecule has 3 nitrogen and oxygen atoms in total. The largest absolute Gasteiger partial charge is 0.384 e. The van der Waals surface area contributed by atoms with Gasteiger partial charge in [-0.25, -0.2) is 4.39 Å². The molecule has 4 heteroatoms. The summed E-state index contributed by atoms with van der Waals surface area (Å²) in [4.78, 5) is 0. The van der Waals surface area contributed by atoms with Gasteiger partial charge in [0, 0.05) is 0 Å². The number of ether oxygens (including phenoxy) is 2. The van der Waals surface area contributed by atoms with Gasteiger partial charge in [-0.15, -0.1) is 0 Å². The summed E-state index contributed by atoms with van der Waals surface area (Å²) in [6.45, 7) is 1.39. The number of halogens is 1. The van der Waals surface area contributed by atoms with Crippen molar-refractivity contribution in [3.05, 3.63) is 35.1 Å². The van der Waals surface area contributed by atoms with Crippen LogP contribution in [0.5, 0.6) is 0 Å². The maximum Gasteiger partial charge on any atom is 0.138 e. The fraction of sp³-hybridized carbons (Fsp3) is 0.385. The highest BCUT2D eigenvalue weighted by molar-refractivity contribution is 5.38. The van der Waals surface area contributed by atoms with Crippen LogP contribution in [0.4, 0.5) is 4.39 Å². The first-order valence-corrected chi connectivity index (χ1v) is 5.37. The fourth-order valence-electron chi connectivity index (χ4n) is 1.42.